The first-order valence-corrected chi connectivity index (χ1v) is 8.29. The van der Waals surface area contributed by atoms with Gasteiger partial charge in [0.1, 0.15) is 11.5 Å². The van der Waals surface area contributed by atoms with Crippen LogP contribution in [-0.2, 0) is 6.54 Å². The normalized spacial score (nSPS) is 10.6. The molecule has 3 aromatic rings. The van der Waals surface area contributed by atoms with Gasteiger partial charge in [-0.1, -0.05) is 12.1 Å². The van der Waals surface area contributed by atoms with Gasteiger partial charge in [-0.25, -0.2) is 15.0 Å². The Morgan fingerprint density at radius 3 is 2.50 bits per heavy atom. The fourth-order valence-corrected chi connectivity index (χ4v) is 2.66. The van der Waals surface area contributed by atoms with Gasteiger partial charge in [-0.05, 0) is 19.1 Å². The summed E-state index contributed by atoms with van der Waals surface area (Å²) in [5, 5.41) is 0. The van der Waals surface area contributed by atoms with Crippen LogP contribution in [-0.4, -0.2) is 51.0 Å². The molecule has 1 amide bonds. The molecule has 0 aliphatic carbocycles. The van der Waals surface area contributed by atoms with Gasteiger partial charge in [0.25, 0.3) is 5.91 Å². The van der Waals surface area contributed by atoms with E-state index in [1.807, 2.05) is 29.8 Å². The maximum absolute atomic E-state index is 12.6. The molecular weight excluding hydrogens is 330 g/mol. The van der Waals surface area contributed by atoms with E-state index in [0.717, 1.165) is 11.4 Å². The van der Waals surface area contributed by atoms with E-state index in [1.54, 1.807) is 49.8 Å². The van der Waals surface area contributed by atoms with Crippen molar-refractivity contribution in [2.75, 3.05) is 20.7 Å². The van der Waals surface area contributed by atoms with Crippen LogP contribution in [0.5, 0.6) is 5.88 Å². The maximum atomic E-state index is 12.6. The summed E-state index contributed by atoms with van der Waals surface area (Å²) in [6.07, 6.45) is 6.87. The Kier molecular flexibility index (Phi) is 5.26. The number of likely N-dealkylation sites (N-methyl/N-ethyl adjacent to an activating group) is 1. The van der Waals surface area contributed by atoms with Crippen LogP contribution in [0, 0.1) is 6.92 Å². The van der Waals surface area contributed by atoms with Crippen LogP contribution in [0.3, 0.4) is 0 Å². The summed E-state index contributed by atoms with van der Waals surface area (Å²) < 4.78 is 7.26. The number of rotatable bonds is 6. The number of benzene rings is 1. The topological polar surface area (TPSA) is 73.1 Å². The molecule has 0 saturated heterocycles. The average Bonchev–Trinajstić information content (AvgIpc) is 3.10. The molecule has 0 spiro atoms. The number of ether oxygens (including phenoxy) is 1. The minimum Gasteiger partial charge on any atom is -0.479 e. The van der Waals surface area contributed by atoms with Crippen LogP contribution < -0.4 is 4.74 Å². The zero-order chi connectivity index (χ0) is 18.5. The predicted octanol–water partition coefficient (Wildman–Crippen LogP) is 2.43. The van der Waals surface area contributed by atoms with Gasteiger partial charge in [-0.15, -0.1) is 0 Å². The van der Waals surface area contributed by atoms with Crippen molar-refractivity contribution in [1.82, 2.24) is 24.4 Å². The lowest BCUT2D eigenvalue weighted by Gasteiger charge is -2.18. The molecular formula is C19H21N5O2. The second-order valence-electron chi connectivity index (χ2n) is 5.89. The molecule has 0 fully saturated rings. The number of nitrogens with zero attached hydrogens (tertiary/aromatic N) is 5. The molecule has 0 N–H and O–H groups in total. The Balaban J connectivity index is 1.69. The van der Waals surface area contributed by atoms with Crippen LogP contribution in [0.15, 0.2) is 49.1 Å². The van der Waals surface area contributed by atoms with Crippen molar-refractivity contribution >= 4 is 5.91 Å². The van der Waals surface area contributed by atoms with Gasteiger partial charge < -0.3 is 14.2 Å². The molecule has 2 heterocycles. The summed E-state index contributed by atoms with van der Waals surface area (Å²) in [5.41, 5.74) is 2.13. The Hall–Kier alpha value is -3.22. The summed E-state index contributed by atoms with van der Waals surface area (Å²) >= 11 is 0. The number of amides is 1. The van der Waals surface area contributed by atoms with E-state index in [-0.39, 0.29) is 5.91 Å². The number of imidazole rings is 1. The predicted molar refractivity (Wildman–Crippen MR) is 97.9 cm³/mol. The van der Waals surface area contributed by atoms with Gasteiger partial charge in [0.05, 0.1) is 7.11 Å². The highest BCUT2D eigenvalue weighted by atomic mass is 16.5. The van der Waals surface area contributed by atoms with Crippen molar-refractivity contribution in [2.45, 2.75) is 13.5 Å². The summed E-state index contributed by atoms with van der Waals surface area (Å²) in [7, 11) is 3.36. The van der Waals surface area contributed by atoms with Crippen LogP contribution >= 0.6 is 0 Å². The highest BCUT2D eigenvalue weighted by Gasteiger charge is 2.13. The monoisotopic (exact) mass is 351 g/mol. The Morgan fingerprint density at radius 2 is 1.85 bits per heavy atom. The number of aryl methyl sites for hydroxylation is 1. The molecule has 0 saturated carbocycles. The van der Waals surface area contributed by atoms with Crippen molar-refractivity contribution in [3.05, 3.63) is 60.4 Å². The van der Waals surface area contributed by atoms with E-state index in [4.69, 9.17) is 4.74 Å². The zero-order valence-corrected chi connectivity index (χ0v) is 15.1. The third-order valence-electron chi connectivity index (χ3n) is 4.21. The van der Waals surface area contributed by atoms with E-state index >= 15 is 0 Å². The number of methoxy groups -OCH3 is 1. The molecule has 1 aromatic carbocycles. The molecule has 0 aliphatic rings. The smallest absolute Gasteiger partial charge is 0.253 e. The van der Waals surface area contributed by atoms with Gasteiger partial charge >= 0.3 is 0 Å². The second-order valence-corrected chi connectivity index (χ2v) is 5.89. The molecule has 0 radical (unpaired) electrons. The number of carbonyl (C=O) groups is 1. The summed E-state index contributed by atoms with van der Waals surface area (Å²) in [4.78, 5) is 27.0. The third-order valence-corrected chi connectivity index (χ3v) is 4.21. The van der Waals surface area contributed by atoms with Gasteiger partial charge in [-0.3, -0.25) is 4.79 Å². The lowest BCUT2D eigenvalue weighted by molar-refractivity contribution is 0.0790. The van der Waals surface area contributed by atoms with Crippen molar-refractivity contribution in [1.29, 1.82) is 0 Å². The molecule has 0 atom stereocenters. The Morgan fingerprint density at radius 1 is 1.12 bits per heavy atom. The SMILES string of the molecule is COc1nccnc1-c1ccc(C(=O)N(C)CCn2ccnc2C)cc1. The standard InChI is InChI=1S/C19H21N5O2/c1-14-20-10-11-24(14)13-12-23(2)19(25)16-6-4-15(5-7-16)17-18(26-3)22-9-8-21-17/h4-11H,12-13H2,1-3H3. The number of hydrogen-bond donors (Lipinski definition) is 0. The van der Waals surface area contributed by atoms with Crippen molar-refractivity contribution in [3.63, 3.8) is 0 Å². The van der Waals surface area contributed by atoms with Gasteiger partial charge in [0.15, 0.2) is 0 Å². The number of aromatic nitrogens is 4. The van der Waals surface area contributed by atoms with Gasteiger partial charge in [-0.2, -0.15) is 0 Å². The maximum Gasteiger partial charge on any atom is 0.253 e. The van der Waals surface area contributed by atoms with Gasteiger partial charge in [0.2, 0.25) is 5.88 Å². The fourth-order valence-electron chi connectivity index (χ4n) is 2.66. The van der Waals surface area contributed by atoms with E-state index in [2.05, 4.69) is 15.0 Å². The Bertz CT molecular complexity index is 889. The highest BCUT2D eigenvalue weighted by molar-refractivity contribution is 5.94. The first-order valence-electron chi connectivity index (χ1n) is 8.29. The molecule has 134 valence electrons. The average molecular weight is 351 g/mol. The fraction of sp³-hybridized carbons (Fsp3) is 0.263. The first kappa shape index (κ1) is 17.6. The minimum absolute atomic E-state index is 0.0274. The summed E-state index contributed by atoms with van der Waals surface area (Å²) in [5.74, 6) is 1.37. The van der Waals surface area contributed by atoms with Crippen LogP contribution in [0.2, 0.25) is 0 Å². The van der Waals surface area contributed by atoms with Crippen molar-refractivity contribution in [2.24, 2.45) is 0 Å². The van der Waals surface area contributed by atoms with Crippen LogP contribution in [0.4, 0.5) is 0 Å². The number of carbonyl (C=O) groups excluding carboxylic acids is 1. The lowest BCUT2D eigenvalue weighted by atomic mass is 10.1. The van der Waals surface area contributed by atoms with Crippen molar-refractivity contribution < 1.29 is 9.53 Å². The largest absolute Gasteiger partial charge is 0.479 e. The minimum atomic E-state index is -0.0274. The Labute approximate surface area is 152 Å². The van der Waals surface area contributed by atoms with E-state index in [0.29, 0.717) is 30.2 Å². The zero-order valence-electron chi connectivity index (χ0n) is 15.1. The number of hydrogen-bond acceptors (Lipinski definition) is 5. The van der Waals surface area contributed by atoms with E-state index in [9.17, 15) is 4.79 Å². The molecule has 0 bridgehead atoms. The lowest BCUT2D eigenvalue weighted by Crippen LogP contribution is -2.30. The van der Waals surface area contributed by atoms with E-state index in [1.165, 1.54) is 0 Å². The summed E-state index contributed by atoms with van der Waals surface area (Å²) in [6, 6.07) is 7.30. The highest BCUT2D eigenvalue weighted by Crippen LogP contribution is 2.25. The van der Waals surface area contributed by atoms with Crippen LogP contribution in [0.25, 0.3) is 11.3 Å². The quantitative estimate of drug-likeness (QED) is 0.682. The molecule has 7 heteroatoms. The summed E-state index contributed by atoms with van der Waals surface area (Å²) in [6.45, 7) is 3.26. The molecule has 3 rings (SSSR count). The van der Waals surface area contributed by atoms with Crippen LogP contribution in [0.1, 0.15) is 16.2 Å². The van der Waals surface area contributed by atoms with E-state index < -0.39 is 0 Å². The molecule has 0 aliphatic heterocycles. The second kappa shape index (κ2) is 7.77. The molecule has 26 heavy (non-hydrogen) atoms. The van der Waals surface area contributed by atoms with Gasteiger partial charge in [0, 0.05) is 56.1 Å². The molecule has 7 nitrogen and oxygen atoms in total. The molecule has 0 unspecified atom stereocenters. The van der Waals surface area contributed by atoms with Crippen molar-refractivity contribution in [3.8, 4) is 17.1 Å². The molecule has 2 aromatic heterocycles. The third kappa shape index (κ3) is 3.72. The first-order chi connectivity index (χ1) is 12.6.